The first-order valence-electron chi connectivity index (χ1n) is 12.3. The molecule has 4 rings (SSSR count). The number of benzene rings is 2. The first kappa shape index (κ1) is 27.2. The molecule has 2 aromatic rings. The van der Waals surface area contributed by atoms with Crippen LogP contribution < -0.4 is 0 Å². The molecule has 0 bridgehead atoms. The van der Waals surface area contributed by atoms with Gasteiger partial charge in [0.05, 0.1) is 16.4 Å². The van der Waals surface area contributed by atoms with Crippen LogP contribution in [0.5, 0.6) is 0 Å². The highest BCUT2D eigenvalue weighted by Crippen LogP contribution is 2.39. The van der Waals surface area contributed by atoms with Gasteiger partial charge in [-0.1, -0.05) is 60.7 Å². The van der Waals surface area contributed by atoms with Gasteiger partial charge in [-0.05, 0) is 59.3 Å². The molecule has 5 atom stereocenters. The van der Waals surface area contributed by atoms with Gasteiger partial charge in [0.25, 0.3) is 0 Å². The maximum absolute atomic E-state index is 14.0. The molecule has 37 heavy (non-hydrogen) atoms. The molecule has 2 amide bonds. The minimum Gasteiger partial charge on any atom is -0.439 e. The SMILES string of the molecule is CC1C(c2ccccc2)OC(=O)N1C(=O)C(Cc1ccccc1)C1OC(O)(CCCCO)C(Br)=CC1=O. The highest BCUT2D eigenvalue weighted by atomic mass is 79.9. The number of imide groups is 1. The van der Waals surface area contributed by atoms with E-state index in [0.29, 0.717) is 12.8 Å². The summed E-state index contributed by atoms with van der Waals surface area (Å²) in [6.45, 7) is 1.68. The summed E-state index contributed by atoms with van der Waals surface area (Å²) < 4.78 is 11.7. The Bertz CT molecular complexity index is 1160. The van der Waals surface area contributed by atoms with Crippen LogP contribution in [0.25, 0.3) is 0 Å². The molecule has 8 nitrogen and oxygen atoms in total. The Balaban J connectivity index is 1.66. The van der Waals surface area contributed by atoms with Gasteiger partial charge in [-0.15, -0.1) is 0 Å². The molecule has 2 heterocycles. The number of carbonyl (C=O) groups excluding carboxylic acids is 3. The number of unbranched alkanes of at least 4 members (excludes halogenated alkanes) is 1. The van der Waals surface area contributed by atoms with Gasteiger partial charge < -0.3 is 19.7 Å². The van der Waals surface area contributed by atoms with E-state index in [4.69, 9.17) is 14.6 Å². The van der Waals surface area contributed by atoms with E-state index in [0.717, 1.165) is 16.0 Å². The average Bonchev–Trinajstić information content (AvgIpc) is 3.19. The molecule has 0 radical (unpaired) electrons. The van der Waals surface area contributed by atoms with Crippen molar-refractivity contribution in [1.82, 2.24) is 4.90 Å². The van der Waals surface area contributed by atoms with Crippen molar-refractivity contribution in [2.24, 2.45) is 5.92 Å². The van der Waals surface area contributed by atoms with Crippen LogP contribution in [-0.4, -0.2) is 57.4 Å². The number of ether oxygens (including phenoxy) is 2. The van der Waals surface area contributed by atoms with E-state index in [1.165, 1.54) is 6.08 Å². The number of halogens is 1. The number of nitrogens with zero attached hydrogens (tertiary/aromatic N) is 1. The second-order valence-corrected chi connectivity index (χ2v) is 10.2. The number of hydrogen-bond acceptors (Lipinski definition) is 7. The van der Waals surface area contributed by atoms with Gasteiger partial charge in [0.2, 0.25) is 5.91 Å². The standard InChI is InChI=1S/C28H30BrNO7/c1-18-24(20-12-6-3-7-13-20)36-27(34)30(18)26(33)21(16-19-10-4-2-5-11-19)25-22(32)17-23(29)28(35,37-25)14-8-9-15-31/h2-7,10-13,17-18,21,24-25,31,35H,8-9,14-16H2,1H3. The van der Waals surface area contributed by atoms with E-state index >= 15 is 0 Å². The van der Waals surface area contributed by atoms with Crippen LogP contribution in [0.2, 0.25) is 0 Å². The lowest BCUT2D eigenvalue weighted by Crippen LogP contribution is -2.53. The second kappa shape index (κ2) is 11.7. The van der Waals surface area contributed by atoms with Gasteiger partial charge in [0, 0.05) is 13.0 Å². The number of cyclic esters (lactones) is 1. The molecule has 1 fully saturated rings. The summed E-state index contributed by atoms with van der Waals surface area (Å²) in [6.07, 6.45) is -0.442. The van der Waals surface area contributed by atoms with Gasteiger partial charge in [-0.25, -0.2) is 9.69 Å². The number of ketones is 1. The first-order chi connectivity index (χ1) is 17.7. The number of amides is 2. The van der Waals surface area contributed by atoms with Crippen molar-refractivity contribution < 1.29 is 34.1 Å². The normalized spacial score (nSPS) is 26.5. The first-order valence-corrected chi connectivity index (χ1v) is 13.1. The monoisotopic (exact) mass is 571 g/mol. The van der Waals surface area contributed by atoms with Crippen molar-refractivity contribution in [1.29, 1.82) is 0 Å². The number of carbonyl (C=O) groups is 3. The van der Waals surface area contributed by atoms with Crippen molar-refractivity contribution in [3.05, 3.63) is 82.3 Å². The van der Waals surface area contributed by atoms with Crippen molar-refractivity contribution >= 4 is 33.7 Å². The third kappa shape index (κ3) is 5.85. The Labute approximate surface area is 224 Å². The average molecular weight is 572 g/mol. The predicted molar refractivity (Wildman–Crippen MR) is 138 cm³/mol. The van der Waals surface area contributed by atoms with Crippen molar-refractivity contribution in [3.8, 4) is 0 Å². The fourth-order valence-corrected chi connectivity index (χ4v) is 5.31. The summed E-state index contributed by atoms with van der Waals surface area (Å²) in [6, 6.07) is 17.7. The lowest BCUT2D eigenvalue weighted by atomic mass is 9.87. The highest BCUT2D eigenvalue weighted by Gasteiger charge is 2.51. The van der Waals surface area contributed by atoms with E-state index in [9.17, 15) is 19.5 Å². The van der Waals surface area contributed by atoms with Crippen LogP contribution in [0.3, 0.4) is 0 Å². The predicted octanol–water partition coefficient (Wildman–Crippen LogP) is 4.05. The molecular weight excluding hydrogens is 542 g/mol. The van der Waals surface area contributed by atoms with Crippen LogP contribution in [0.1, 0.15) is 43.4 Å². The van der Waals surface area contributed by atoms with E-state index in [-0.39, 0.29) is 23.9 Å². The molecule has 0 spiro atoms. The Morgan fingerprint density at radius 3 is 2.38 bits per heavy atom. The van der Waals surface area contributed by atoms with Crippen molar-refractivity contribution in [2.45, 2.75) is 56.6 Å². The van der Waals surface area contributed by atoms with Crippen molar-refractivity contribution in [3.63, 3.8) is 0 Å². The van der Waals surface area contributed by atoms with Crippen LogP contribution in [0, 0.1) is 5.92 Å². The van der Waals surface area contributed by atoms with Crippen LogP contribution in [0.4, 0.5) is 4.79 Å². The Hall–Kier alpha value is -2.85. The summed E-state index contributed by atoms with van der Waals surface area (Å²) in [5, 5.41) is 20.4. The zero-order valence-electron chi connectivity index (χ0n) is 20.5. The number of hydrogen-bond donors (Lipinski definition) is 2. The van der Waals surface area contributed by atoms with E-state index in [2.05, 4.69) is 15.9 Å². The molecule has 0 saturated carbocycles. The molecule has 2 N–H and O–H groups in total. The quantitative estimate of drug-likeness (QED) is 0.436. The minimum atomic E-state index is -1.84. The van der Waals surface area contributed by atoms with Gasteiger partial charge in [-0.3, -0.25) is 9.59 Å². The maximum atomic E-state index is 14.0. The van der Waals surface area contributed by atoms with E-state index in [1.807, 2.05) is 60.7 Å². The smallest absolute Gasteiger partial charge is 0.417 e. The maximum Gasteiger partial charge on any atom is 0.417 e. The molecule has 196 valence electrons. The topological polar surface area (TPSA) is 113 Å². The molecule has 2 aromatic carbocycles. The molecule has 9 heteroatoms. The fourth-order valence-electron chi connectivity index (χ4n) is 4.80. The van der Waals surface area contributed by atoms with E-state index < -0.39 is 47.7 Å². The van der Waals surface area contributed by atoms with Gasteiger partial charge in [-0.2, -0.15) is 0 Å². The highest BCUT2D eigenvalue weighted by molar-refractivity contribution is 9.11. The summed E-state index contributed by atoms with van der Waals surface area (Å²) in [7, 11) is 0. The molecule has 1 saturated heterocycles. The van der Waals surface area contributed by atoms with Gasteiger partial charge in [0.1, 0.15) is 12.2 Å². The summed E-state index contributed by atoms with van der Waals surface area (Å²) >= 11 is 3.24. The third-order valence-electron chi connectivity index (χ3n) is 6.78. The number of aliphatic hydroxyl groups is 2. The zero-order chi connectivity index (χ0) is 26.6. The molecule has 2 aliphatic heterocycles. The molecule has 5 unspecified atom stereocenters. The van der Waals surface area contributed by atoms with Crippen molar-refractivity contribution in [2.75, 3.05) is 6.61 Å². The molecule has 0 aliphatic carbocycles. The lowest BCUT2D eigenvalue weighted by Gasteiger charge is -2.38. The Morgan fingerprint density at radius 2 is 1.73 bits per heavy atom. The summed E-state index contributed by atoms with van der Waals surface area (Å²) in [4.78, 5) is 41.1. The van der Waals surface area contributed by atoms with Crippen LogP contribution in [0.15, 0.2) is 71.2 Å². The van der Waals surface area contributed by atoms with Crippen LogP contribution >= 0.6 is 15.9 Å². The zero-order valence-corrected chi connectivity index (χ0v) is 22.0. The van der Waals surface area contributed by atoms with E-state index in [1.54, 1.807) is 6.92 Å². The Kier molecular flexibility index (Phi) is 8.59. The van der Waals surface area contributed by atoms with Gasteiger partial charge in [0.15, 0.2) is 11.6 Å². The largest absolute Gasteiger partial charge is 0.439 e. The molecular formula is C28H30BrNO7. The number of rotatable bonds is 9. The second-order valence-electron chi connectivity index (χ2n) is 9.36. The molecule has 0 aromatic heterocycles. The fraction of sp³-hybridized carbons (Fsp3) is 0.393. The summed E-state index contributed by atoms with van der Waals surface area (Å²) in [5.41, 5.74) is 1.53. The minimum absolute atomic E-state index is 0.0492. The summed E-state index contributed by atoms with van der Waals surface area (Å²) in [5.74, 6) is -4.04. The third-order valence-corrected chi connectivity index (χ3v) is 7.63. The Morgan fingerprint density at radius 1 is 1.08 bits per heavy atom. The van der Waals surface area contributed by atoms with Gasteiger partial charge >= 0.3 is 6.09 Å². The molecule has 2 aliphatic rings. The van der Waals surface area contributed by atoms with Crippen LogP contribution in [-0.2, 0) is 25.5 Å². The number of aliphatic hydroxyl groups excluding tert-OH is 1. The lowest BCUT2D eigenvalue weighted by molar-refractivity contribution is -0.218.